The molecule has 3 N–H and O–H groups in total. The van der Waals surface area contributed by atoms with Crippen molar-refractivity contribution in [2.45, 2.75) is 30.9 Å². The van der Waals surface area contributed by atoms with E-state index in [4.69, 9.17) is 0 Å². The zero-order valence-electron chi connectivity index (χ0n) is 9.74. The Balaban J connectivity index is 2.22. The molecule has 0 saturated carbocycles. The van der Waals surface area contributed by atoms with Gasteiger partial charge in [-0.05, 0) is 18.4 Å². The first-order valence-electron chi connectivity index (χ1n) is 5.86. The lowest BCUT2D eigenvalue weighted by atomic mass is 9.86. The van der Waals surface area contributed by atoms with Crippen LogP contribution in [0.15, 0.2) is 30.3 Å². The van der Waals surface area contributed by atoms with Crippen molar-refractivity contribution >= 4 is 11.9 Å². The van der Waals surface area contributed by atoms with Crippen LogP contribution in [-0.2, 0) is 9.59 Å². The van der Waals surface area contributed by atoms with E-state index in [0.717, 1.165) is 0 Å². The van der Waals surface area contributed by atoms with E-state index in [9.17, 15) is 19.8 Å². The molecule has 1 aliphatic rings. The van der Waals surface area contributed by atoms with Crippen molar-refractivity contribution in [3.05, 3.63) is 35.9 Å². The fourth-order valence-electron chi connectivity index (χ4n) is 2.28. The average Bonchev–Trinajstić information content (AvgIpc) is 2.35. The van der Waals surface area contributed by atoms with Crippen molar-refractivity contribution in [2.24, 2.45) is 0 Å². The van der Waals surface area contributed by atoms with Crippen molar-refractivity contribution in [3.63, 3.8) is 0 Å². The molecule has 0 spiro atoms. The summed E-state index contributed by atoms with van der Waals surface area (Å²) in [5.41, 5.74) is 0.659. The van der Waals surface area contributed by atoms with Crippen molar-refractivity contribution in [2.75, 3.05) is 0 Å². The Morgan fingerprint density at radius 3 is 2.50 bits per heavy atom. The molecule has 2 rings (SSSR count). The number of amides is 1. The monoisotopic (exact) mass is 249 g/mol. The van der Waals surface area contributed by atoms with Crippen molar-refractivity contribution in [1.29, 1.82) is 0 Å². The molecule has 5 nitrogen and oxygen atoms in total. The summed E-state index contributed by atoms with van der Waals surface area (Å²) in [7, 11) is 0. The fraction of sp³-hybridized carbons (Fsp3) is 0.385. The number of benzene rings is 1. The molecular weight excluding hydrogens is 234 g/mol. The molecule has 1 aliphatic heterocycles. The van der Waals surface area contributed by atoms with Gasteiger partial charge in [-0.25, -0.2) is 0 Å². The number of nitrogens with one attached hydrogen (secondary N) is 1. The van der Waals surface area contributed by atoms with Gasteiger partial charge >= 0.3 is 5.97 Å². The Morgan fingerprint density at radius 1 is 1.28 bits per heavy atom. The van der Waals surface area contributed by atoms with E-state index >= 15 is 0 Å². The summed E-state index contributed by atoms with van der Waals surface area (Å²) < 4.78 is 0. The molecule has 1 aromatic rings. The van der Waals surface area contributed by atoms with E-state index in [1.807, 2.05) is 6.07 Å². The van der Waals surface area contributed by atoms with Crippen LogP contribution < -0.4 is 5.32 Å². The second-order valence-electron chi connectivity index (χ2n) is 4.43. The van der Waals surface area contributed by atoms with Crippen LogP contribution in [0.3, 0.4) is 0 Å². The smallest absolute Gasteiger partial charge is 0.313 e. The molecule has 96 valence electrons. The zero-order chi connectivity index (χ0) is 13.1. The van der Waals surface area contributed by atoms with Crippen LogP contribution in [0.25, 0.3) is 0 Å². The maximum absolute atomic E-state index is 11.4. The SMILES string of the molecule is O=C1NC(C(C(=O)O)c2ccccc2)CCC1O. The second-order valence-corrected chi connectivity index (χ2v) is 4.43. The molecule has 0 aromatic heterocycles. The first-order chi connectivity index (χ1) is 8.59. The number of piperidine rings is 1. The van der Waals surface area contributed by atoms with Crippen molar-refractivity contribution in [3.8, 4) is 0 Å². The maximum atomic E-state index is 11.4. The van der Waals surface area contributed by atoms with Gasteiger partial charge in [0.25, 0.3) is 0 Å². The van der Waals surface area contributed by atoms with Crippen LogP contribution in [0, 0.1) is 0 Å². The van der Waals surface area contributed by atoms with Crippen LogP contribution in [-0.4, -0.2) is 34.2 Å². The lowest BCUT2D eigenvalue weighted by molar-refractivity contribution is -0.141. The number of carboxylic acids is 1. The molecule has 0 aliphatic carbocycles. The minimum atomic E-state index is -1.02. The number of hydrogen-bond acceptors (Lipinski definition) is 3. The molecule has 18 heavy (non-hydrogen) atoms. The average molecular weight is 249 g/mol. The van der Waals surface area contributed by atoms with Crippen LogP contribution in [0.4, 0.5) is 0 Å². The number of aliphatic carboxylic acids is 1. The van der Waals surface area contributed by atoms with E-state index in [0.29, 0.717) is 18.4 Å². The third-order valence-corrected chi connectivity index (χ3v) is 3.21. The Bertz CT molecular complexity index is 446. The first-order valence-corrected chi connectivity index (χ1v) is 5.86. The quantitative estimate of drug-likeness (QED) is 0.727. The summed E-state index contributed by atoms with van der Waals surface area (Å²) in [4.78, 5) is 22.8. The molecule has 5 heteroatoms. The van der Waals surface area contributed by atoms with Gasteiger partial charge in [0.15, 0.2) is 0 Å². The molecule has 0 bridgehead atoms. The van der Waals surface area contributed by atoms with E-state index in [-0.39, 0.29) is 0 Å². The summed E-state index contributed by atoms with van der Waals surface area (Å²) in [6, 6.07) is 8.34. The number of hydrogen-bond donors (Lipinski definition) is 3. The molecule has 1 aromatic carbocycles. The Kier molecular flexibility index (Phi) is 3.62. The minimum Gasteiger partial charge on any atom is -0.481 e. The topological polar surface area (TPSA) is 86.6 Å². The number of aliphatic hydroxyl groups is 1. The minimum absolute atomic E-state index is 0.299. The molecule has 1 saturated heterocycles. The predicted molar refractivity (Wildman–Crippen MR) is 64.0 cm³/mol. The van der Waals surface area contributed by atoms with Gasteiger partial charge in [-0.2, -0.15) is 0 Å². The molecule has 3 atom stereocenters. The lowest BCUT2D eigenvalue weighted by Crippen LogP contribution is -2.50. The van der Waals surface area contributed by atoms with Gasteiger partial charge in [-0.15, -0.1) is 0 Å². The van der Waals surface area contributed by atoms with Gasteiger partial charge in [0.2, 0.25) is 5.91 Å². The molecule has 0 radical (unpaired) electrons. The van der Waals surface area contributed by atoms with E-state index < -0.39 is 29.9 Å². The molecule has 1 fully saturated rings. The highest BCUT2D eigenvalue weighted by molar-refractivity contribution is 5.84. The maximum Gasteiger partial charge on any atom is 0.313 e. The van der Waals surface area contributed by atoms with E-state index in [2.05, 4.69) is 5.32 Å². The number of carboxylic acid groups (broad SMARTS) is 1. The van der Waals surface area contributed by atoms with Crippen LogP contribution in [0.5, 0.6) is 0 Å². The van der Waals surface area contributed by atoms with Crippen LogP contribution in [0.2, 0.25) is 0 Å². The van der Waals surface area contributed by atoms with Crippen molar-refractivity contribution < 1.29 is 19.8 Å². The second kappa shape index (κ2) is 5.18. The molecule has 3 unspecified atom stereocenters. The van der Waals surface area contributed by atoms with Gasteiger partial charge in [-0.3, -0.25) is 9.59 Å². The fourth-order valence-corrected chi connectivity index (χ4v) is 2.28. The summed E-state index contributed by atoms with van der Waals surface area (Å²) in [5, 5.41) is 21.2. The molecular formula is C13H15NO4. The van der Waals surface area contributed by atoms with Crippen molar-refractivity contribution in [1.82, 2.24) is 5.32 Å². The largest absolute Gasteiger partial charge is 0.481 e. The van der Waals surface area contributed by atoms with Crippen LogP contribution in [0.1, 0.15) is 24.3 Å². The molecule has 1 amide bonds. The zero-order valence-corrected chi connectivity index (χ0v) is 9.74. The first kappa shape index (κ1) is 12.6. The van der Waals surface area contributed by atoms with Gasteiger partial charge in [-0.1, -0.05) is 30.3 Å². The van der Waals surface area contributed by atoms with Gasteiger partial charge in [0, 0.05) is 6.04 Å². The number of rotatable bonds is 3. The van der Waals surface area contributed by atoms with Gasteiger partial charge < -0.3 is 15.5 Å². The van der Waals surface area contributed by atoms with Gasteiger partial charge in [0.1, 0.15) is 12.0 Å². The van der Waals surface area contributed by atoms with Crippen LogP contribution >= 0.6 is 0 Å². The Labute approximate surface area is 104 Å². The summed E-state index contributed by atoms with van der Waals surface area (Å²) in [6.45, 7) is 0. The predicted octanol–water partition coefficient (Wildman–Crippen LogP) is 0.494. The lowest BCUT2D eigenvalue weighted by Gasteiger charge is -2.30. The van der Waals surface area contributed by atoms with Gasteiger partial charge in [0.05, 0.1) is 0 Å². The Morgan fingerprint density at radius 2 is 1.94 bits per heavy atom. The third kappa shape index (κ3) is 2.51. The number of carbonyl (C=O) groups excluding carboxylic acids is 1. The molecule has 1 heterocycles. The highest BCUT2D eigenvalue weighted by atomic mass is 16.4. The summed E-state index contributed by atoms with van der Waals surface area (Å²) in [5.74, 6) is -2.24. The number of aliphatic hydroxyl groups excluding tert-OH is 1. The highest BCUT2D eigenvalue weighted by Gasteiger charge is 2.35. The van der Waals surface area contributed by atoms with E-state index in [1.165, 1.54) is 0 Å². The normalized spacial score (nSPS) is 25.3. The summed E-state index contributed by atoms with van der Waals surface area (Å²) >= 11 is 0. The third-order valence-electron chi connectivity index (χ3n) is 3.21. The summed E-state index contributed by atoms with van der Waals surface area (Å²) in [6.07, 6.45) is -0.266. The van der Waals surface area contributed by atoms with E-state index in [1.54, 1.807) is 24.3 Å². The number of carbonyl (C=O) groups is 2. The Hall–Kier alpha value is -1.88. The standard InChI is InChI=1S/C13H15NO4/c15-10-7-6-9(14-12(10)16)11(13(17)18)8-4-2-1-3-5-8/h1-5,9-11,15H,6-7H2,(H,14,16)(H,17,18). The highest BCUT2D eigenvalue weighted by Crippen LogP contribution is 2.25.